The number of furan rings is 1. The Balaban J connectivity index is 1.46. The van der Waals surface area contributed by atoms with Crippen LogP contribution in [0, 0.1) is 0 Å². The van der Waals surface area contributed by atoms with Gasteiger partial charge in [0.1, 0.15) is 0 Å². The quantitative estimate of drug-likeness (QED) is 0.641. The van der Waals surface area contributed by atoms with Gasteiger partial charge in [0.15, 0.2) is 10.9 Å². The molecule has 6 nitrogen and oxygen atoms in total. The van der Waals surface area contributed by atoms with E-state index in [0.717, 1.165) is 35.7 Å². The summed E-state index contributed by atoms with van der Waals surface area (Å²) in [5.74, 6) is -0.131. The number of hydrogen-bond donors (Lipinski definition) is 1. The minimum Gasteiger partial charge on any atom is -0.459 e. The van der Waals surface area contributed by atoms with E-state index in [1.165, 1.54) is 17.6 Å². The first-order valence-electron chi connectivity index (χ1n) is 9.85. The molecule has 29 heavy (non-hydrogen) atoms. The summed E-state index contributed by atoms with van der Waals surface area (Å²) < 4.78 is 5.08. The number of nitrogens with zero attached hydrogens (tertiary/aromatic N) is 2. The number of fused-ring (bicyclic) bond motifs is 1. The number of aryl methyl sites for hydroxylation is 2. The largest absolute Gasteiger partial charge is 0.459 e. The Hall–Kier alpha value is -2.93. The molecule has 0 saturated heterocycles. The van der Waals surface area contributed by atoms with E-state index >= 15 is 0 Å². The molecule has 150 valence electrons. The fourth-order valence-corrected chi connectivity index (χ4v) is 4.56. The Bertz CT molecular complexity index is 943. The second-order valence-electron chi connectivity index (χ2n) is 7.02. The number of amides is 2. The van der Waals surface area contributed by atoms with Crippen molar-refractivity contribution >= 4 is 28.3 Å². The summed E-state index contributed by atoms with van der Waals surface area (Å²) in [5.41, 5.74) is 2.18. The van der Waals surface area contributed by atoms with Crippen LogP contribution in [0.1, 0.15) is 46.0 Å². The van der Waals surface area contributed by atoms with E-state index in [2.05, 4.69) is 5.32 Å². The Morgan fingerprint density at radius 2 is 1.93 bits per heavy atom. The van der Waals surface area contributed by atoms with E-state index < -0.39 is 0 Å². The summed E-state index contributed by atoms with van der Waals surface area (Å²) in [6, 6.07) is 13.2. The van der Waals surface area contributed by atoms with Crippen LogP contribution in [-0.4, -0.2) is 23.3 Å². The maximum absolute atomic E-state index is 13.0. The lowest BCUT2D eigenvalue weighted by Gasteiger charge is -2.20. The summed E-state index contributed by atoms with van der Waals surface area (Å²) in [6.07, 6.45) is 6.01. The van der Waals surface area contributed by atoms with Gasteiger partial charge in [-0.3, -0.25) is 14.5 Å². The molecule has 1 aromatic carbocycles. The third kappa shape index (κ3) is 4.74. The normalized spacial score (nSPS) is 13.0. The molecule has 1 aliphatic rings. The molecular weight excluding hydrogens is 386 g/mol. The van der Waals surface area contributed by atoms with Crippen molar-refractivity contribution in [3.05, 3.63) is 70.6 Å². The van der Waals surface area contributed by atoms with Crippen LogP contribution in [-0.2, 0) is 24.2 Å². The van der Waals surface area contributed by atoms with Crippen LogP contribution in [0.5, 0.6) is 0 Å². The van der Waals surface area contributed by atoms with Crippen LogP contribution in [0.2, 0.25) is 0 Å². The van der Waals surface area contributed by atoms with Crippen LogP contribution in [0.25, 0.3) is 0 Å². The molecule has 3 aromatic rings. The van der Waals surface area contributed by atoms with E-state index in [1.54, 1.807) is 28.4 Å². The summed E-state index contributed by atoms with van der Waals surface area (Å²) in [6.45, 7) is 0.715. The first kappa shape index (κ1) is 19.4. The van der Waals surface area contributed by atoms with E-state index in [1.807, 2.05) is 30.3 Å². The molecule has 0 unspecified atom stereocenters. The predicted molar refractivity (Wildman–Crippen MR) is 112 cm³/mol. The van der Waals surface area contributed by atoms with Gasteiger partial charge in [0, 0.05) is 17.8 Å². The number of hydrogen-bond acceptors (Lipinski definition) is 5. The van der Waals surface area contributed by atoms with Gasteiger partial charge in [-0.05, 0) is 43.4 Å². The summed E-state index contributed by atoms with van der Waals surface area (Å²) in [5, 5.41) is 3.49. The van der Waals surface area contributed by atoms with Gasteiger partial charge < -0.3 is 9.73 Å². The number of carbonyl (C=O) groups is 2. The minimum atomic E-state index is -0.317. The van der Waals surface area contributed by atoms with E-state index in [9.17, 15) is 9.59 Å². The molecule has 0 radical (unpaired) electrons. The number of carbonyl (C=O) groups excluding carboxylic acids is 2. The molecule has 4 rings (SSSR count). The molecule has 2 heterocycles. The van der Waals surface area contributed by atoms with Gasteiger partial charge in [0.25, 0.3) is 5.91 Å². The third-order valence-corrected chi connectivity index (χ3v) is 6.10. The number of benzene rings is 1. The maximum atomic E-state index is 13.0. The highest BCUT2D eigenvalue weighted by Gasteiger charge is 2.23. The van der Waals surface area contributed by atoms with Crippen LogP contribution in [0.15, 0.2) is 53.1 Å². The van der Waals surface area contributed by atoms with Crippen molar-refractivity contribution in [2.75, 3.05) is 11.4 Å². The van der Waals surface area contributed by atoms with Gasteiger partial charge in [-0.25, -0.2) is 4.98 Å². The summed E-state index contributed by atoms with van der Waals surface area (Å²) >= 11 is 1.62. The van der Waals surface area contributed by atoms with Gasteiger partial charge in [-0.15, -0.1) is 11.3 Å². The lowest BCUT2D eigenvalue weighted by atomic mass is 10.0. The molecule has 1 N–H and O–H groups in total. The van der Waals surface area contributed by atoms with Gasteiger partial charge in [-0.2, -0.15) is 0 Å². The van der Waals surface area contributed by atoms with Crippen molar-refractivity contribution in [3.8, 4) is 0 Å². The van der Waals surface area contributed by atoms with Crippen molar-refractivity contribution in [2.24, 2.45) is 0 Å². The fourth-order valence-electron chi connectivity index (χ4n) is 3.40. The second kappa shape index (κ2) is 9.05. The van der Waals surface area contributed by atoms with Crippen molar-refractivity contribution in [3.63, 3.8) is 0 Å². The van der Waals surface area contributed by atoms with Gasteiger partial charge in [0.2, 0.25) is 5.91 Å². The number of aromatic nitrogens is 1. The monoisotopic (exact) mass is 409 g/mol. The number of thiazole rings is 1. The van der Waals surface area contributed by atoms with Crippen LogP contribution in [0.4, 0.5) is 5.13 Å². The van der Waals surface area contributed by atoms with E-state index in [4.69, 9.17) is 9.40 Å². The Morgan fingerprint density at radius 1 is 1.10 bits per heavy atom. The highest BCUT2D eigenvalue weighted by atomic mass is 32.1. The Morgan fingerprint density at radius 3 is 2.69 bits per heavy atom. The molecule has 0 saturated carbocycles. The number of anilines is 1. The molecule has 0 aliphatic heterocycles. The zero-order valence-corrected chi connectivity index (χ0v) is 16.9. The highest BCUT2D eigenvalue weighted by molar-refractivity contribution is 7.15. The van der Waals surface area contributed by atoms with Gasteiger partial charge in [-0.1, -0.05) is 30.3 Å². The molecule has 0 bridgehead atoms. The number of nitrogens with one attached hydrogen (secondary N) is 1. The van der Waals surface area contributed by atoms with E-state index in [-0.39, 0.29) is 30.5 Å². The van der Waals surface area contributed by atoms with E-state index in [0.29, 0.717) is 6.54 Å². The van der Waals surface area contributed by atoms with Crippen molar-refractivity contribution < 1.29 is 14.0 Å². The predicted octanol–water partition coefficient (Wildman–Crippen LogP) is 3.97. The Labute approximate surface area is 173 Å². The van der Waals surface area contributed by atoms with Crippen molar-refractivity contribution in [1.82, 2.24) is 10.3 Å². The molecule has 7 heteroatoms. The van der Waals surface area contributed by atoms with Crippen LogP contribution < -0.4 is 10.2 Å². The zero-order valence-electron chi connectivity index (χ0n) is 16.1. The molecule has 2 amide bonds. The van der Waals surface area contributed by atoms with Gasteiger partial charge in [0.05, 0.1) is 18.5 Å². The molecule has 0 spiro atoms. The molecular formula is C22H23N3O3S. The smallest absolute Gasteiger partial charge is 0.286 e. The lowest BCUT2D eigenvalue weighted by Crippen LogP contribution is -2.34. The fraction of sp³-hybridized carbons (Fsp3) is 0.318. The van der Waals surface area contributed by atoms with Crippen LogP contribution in [0.3, 0.4) is 0 Å². The molecule has 1 aliphatic carbocycles. The van der Waals surface area contributed by atoms with Crippen molar-refractivity contribution in [2.45, 2.75) is 38.6 Å². The average Bonchev–Trinajstić information content (AvgIpc) is 3.42. The zero-order chi connectivity index (χ0) is 20.1. The lowest BCUT2D eigenvalue weighted by molar-refractivity contribution is -0.118. The first-order valence-corrected chi connectivity index (χ1v) is 10.7. The second-order valence-corrected chi connectivity index (χ2v) is 8.08. The average molecular weight is 410 g/mol. The standard InChI is InChI=1S/C22H23N3O3S/c26-20(12-13-23-21(27)18-10-6-14-28-18)25(15-16-7-2-1-3-8-16)22-24-17-9-4-5-11-19(17)29-22/h1-3,6-8,10,14H,4-5,9,11-13,15H2,(H,23,27). The molecule has 2 aromatic heterocycles. The van der Waals surface area contributed by atoms with Gasteiger partial charge >= 0.3 is 0 Å². The molecule has 0 fully saturated rings. The van der Waals surface area contributed by atoms with Crippen molar-refractivity contribution in [1.29, 1.82) is 0 Å². The topological polar surface area (TPSA) is 75.4 Å². The molecule has 0 atom stereocenters. The third-order valence-electron chi connectivity index (χ3n) is 4.92. The maximum Gasteiger partial charge on any atom is 0.286 e. The summed E-state index contributed by atoms with van der Waals surface area (Å²) in [7, 11) is 0. The van der Waals surface area contributed by atoms with Crippen LogP contribution >= 0.6 is 11.3 Å². The summed E-state index contributed by atoms with van der Waals surface area (Å²) in [4.78, 5) is 32.9. The first-order chi connectivity index (χ1) is 14.2. The SMILES string of the molecule is O=C(NCCC(=O)N(Cc1ccccc1)c1nc2c(s1)CCCC2)c1ccco1. The Kier molecular flexibility index (Phi) is 6.05. The number of rotatable bonds is 7. The highest BCUT2D eigenvalue weighted by Crippen LogP contribution is 2.32. The minimum absolute atomic E-state index is 0.0558.